The highest BCUT2D eigenvalue weighted by molar-refractivity contribution is 6.02. The van der Waals surface area contributed by atoms with Crippen molar-refractivity contribution in [2.24, 2.45) is 28.6 Å². The SMILES string of the molecule is CC[C@@H](C)[C@H](C(=O)O)N1Cc2c(cc(O)c3c2O[C@]2(C3)[C@H](C)CC[C@H]3C(C)(C)[C@H](O)[C@H](O)C[C@@]32C)C1=O. The van der Waals surface area contributed by atoms with Crippen molar-refractivity contribution >= 4 is 11.9 Å². The smallest absolute Gasteiger partial charge is 0.326 e. The second kappa shape index (κ2) is 8.34. The molecule has 4 N–H and O–H groups in total. The molecule has 8 heteroatoms. The Morgan fingerprint density at radius 3 is 2.51 bits per heavy atom. The highest BCUT2D eigenvalue weighted by atomic mass is 16.5. The van der Waals surface area contributed by atoms with Crippen molar-refractivity contribution in [3.8, 4) is 11.5 Å². The number of carbonyl (C=O) groups excluding carboxylic acids is 1. The molecule has 1 aromatic rings. The molecule has 2 aliphatic heterocycles. The van der Waals surface area contributed by atoms with Crippen LogP contribution in [0.1, 0.15) is 88.7 Å². The van der Waals surface area contributed by atoms with Crippen molar-refractivity contribution in [3.63, 3.8) is 0 Å². The zero-order chi connectivity index (χ0) is 27.2. The lowest BCUT2D eigenvalue weighted by atomic mass is 9.43. The predicted molar refractivity (Wildman–Crippen MR) is 136 cm³/mol. The number of carboxylic acid groups (broad SMARTS) is 1. The summed E-state index contributed by atoms with van der Waals surface area (Å²) < 4.78 is 6.97. The number of nitrogens with zero attached hydrogens (tertiary/aromatic N) is 1. The molecule has 204 valence electrons. The van der Waals surface area contributed by atoms with Crippen LogP contribution in [0.25, 0.3) is 0 Å². The average Bonchev–Trinajstić information content (AvgIpc) is 3.37. The van der Waals surface area contributed by atoms with Crippen LogP contribution >= 0.6 is 0 Å². The third kappa shape index (κ3) is 3.33. The van der Waals surface area contributed by atoms with Crippen molar-refractivity contribution in [2.75, 3.05) is 0 Å². The van der Waals surface area contributed by atoms with Crippen LogP contribution in [0.5, 0.6) is 11.5 Å². The van der Waals surface area contributed by atoms with Gasteiger partial charge in [-0.1, -0.05) is 48.0 Å². The van der Waals surface area contributed by atoms with Gasteiger partial charge in [0.2, 0.25) is 0 Å². The number of phenolic OH excluding ortho intramolecular Hbond substituents is 1. The normalized spacial score (nSPS) is 37.5. The number of phenols is 1. The van der Waals surface area contributed by atoms with Crippen LogP contribution in [0.3, 0.4) is 0 Å². The van der Waals surface area contributed by atoms with Crippen LogP contribution in [-0.2, 0) is 17.8 Å². The first-order valence-corrected chi connectivity index (χ1v) is 13.7. The standard InChI is InChI=1S/C29H41NO7/c1-7-14(2)22(26(35)36)30-13-18-16(25(30)34)10-19(31)17-11-29(37-23(17)18)15(3)8-9-21-27(4,5)24(33)20(32)12-28(21,29)6/h10,14-15,20-22,24,31-33H,7-9,11-13H2,1-6H3,(H,35,36)/t14-,15-,20-,21+,22-,24-,28+,29-/m1/s1. The number of aliphatic carboxylic acids is 1. The Labute approximate surface area is 218 Å². The Morgan fingerprint density at radius 1 is 1.22 bits per heavy atom. The first kappa shape index (κ1) is 26.3. The van der Waals surface area contributed by atoms with Crippen LogP contribution < -0.4 is 4.74 Å². The van der Waals surface area contributed by atoms with Gasteiger partial charge >= 0.3 is 5.97 Å². The Morgan fingerprint density at radius 2 is 1.89 bits per heavy atom. The number of benzene rings is 1. The quantitative estimate of drug-likeness (QED) is 0.481. The van der Waals surface area contributed by atoms with E-state index in [1.54, 1.807) is 0 Å². The summed E-state index contributed by atoms with van der Waals surface area (Å²) in [5.41, 5.74) is -0.170. The minimum Gasteiger partial charge on any atom is -0.508 e. The summed E-state index contributed by atoms with van der Waals surface area (Å²) in [7, 11) is 0. The molecule has 0 radical (unpaired) electrons. The summed E-state index contributed by atoms with van der Waals surface area (Å²) in [6, 6.07) is 0.509. The molecular formula is C29H41NO7. The van der Waals surface area contributed by atoms with Gasteiger partial charge in [0.25, 0.3) is 5.91 Å². The molecule has 5 rings (SSSR count). The molecule has 2 heterocycles. The van der Waals surface area contributed by atoms with Gasteiger partial charge in [-0.05, 0) is 48.5 Å². The summed E-state index contributed by atoms with van der Waals surface area (Å²) in [6.45, 7) is 12.2. The van der Waals surface area contributed by atoms with Crippen molar-refractivity contribution in [2.45, 2.75) is 104 Å². The number of carbonyl (C=O) groups is 2. The number of ether oxygens (including phenoxy) is 1. The summed E-state index contributed by atoms with van der Waals surface area (Å²) in [5.74, 6) is -1.00. The fourth-order valence-electron chi connectivity index (χ4n) is 8.56. The van der Waals surface area contributed by atoms with Crippen LogP contribution in [0.4, 0.5) is 0 Å². The van der Waals surface area contributed by atoms with E-state index < -0.39 is 46.6 Å². The van der Waals surface area contributed by atoms with Gasteiger partial charge in [-0.3, -0.25) is 4.79 Å². The Kier molecular flexibility index (Phi) is 5.93. The maximum Gasteiger partial charge on any atom is 0.326 e. The van der Waals surface area contributed by atoms with Crippen molar-refractivity contribution < 1.29 is 34.8 Å². The lowest BCUT2D eigenvalue weighted by Gasteiger charge is -2.64. The molecule has 0 saturated heterocycles. The molecule has 2 aliphatic carbocycles. The van der Waals surface area contributed by atoms with E-state index in [9.17, 15) is 30.0 Å². The molecular weight excluding hydrogens is 474 g/mol. The number of aromatic hydroxyl groups is 1. The van der Waals surface area contributed by atoms with Crippen LogP contribution in [0.15, 0.2) is 6.07 Å². The van der Waals surface area contributed by atoms with Crippen LogP contribution in [0, 0.1) is 28.6 Å². The minimum absolute atomic E-state index is 0.00943. The molecule has 0 unspecified atom stereocenters. The molecule has 1 aromatic carbocycles. The van der Waals surface area contributed by atoms with Crippen LogP contribution in [0.2, 0.25) is 0 Å². The molecule has 0 aromatic heterocycles. The van der Waals surface area contributed by atoms with Crippen molar-refractivity contribution in [1.29, 1.82) is 0 Å². The topological polar surface area (TPSA) is 128 Å². The maximum absolute atomic E-state index is 13.4. The number of rotatable bonds is 4. The van der Waals surface area contributed by atoms with E-state index in [2.05, 4.69) is 13.8 Å². The third-order valence-corrected chi connectivity index (χ3v) is 10.9. The fraction of sp³-hybridized carbons (Fsp3) is 0.724. The van der Waals surface area contributed by atoms with E-state index in [4.69, 9.17) is 4.74 Å². The number of hydrogen-bond donors (Lipinski definition) is 4. The van der Waals surface area contributed by atoms with Gasteiger partial charge < -0.3 is 30.1 Å². The molecule has 2 saturated carbocycles. The Balaban J connectivity index is 1.59. The average molecular weight is 516 g/mol. The van der Waals surface area contributed by atoms with E-state index in [-0.39, 0.29) is 30.0 Å². The minimum atomic E-state index is -1.04. The lowest BCUT2D eigenvalue weighted by Crippen LogP contribution is -2.69. The molecule has 0 bridgehead atoms. The van der Waals surface area contributed by atoms with Gasteiger partial charge in [0.1, 0.15) is 23.1 Å². The highest BCUT2D eigenvalue weighted by Crippen LogP contribution is 2.67. The molecule has 37 heavy (non-hydrogen) atoms. The van der Waals surface area contributed by atoms with E-state index in [0.29, 0.717) is 41.7 Å². The highest BCUT2D eigenvalue weighted by Gasteiger charge is 2.69. The largest absolute Gasteiger partial charge is 0.508 e. The van der Waals surface area contributed by atoms with E-state index in [0.717, 1.165) is 12.8 Å². The summed E-state index contributed by atoms with van der Waals surface area (Å²) in [4.78, 5) is 27.0. The molecule has 4 aliphatic rings. The number of aliphatic hydroxyl groups excluding tert-OH is 2. The van der Waals surface area contributed by atoms with Gasteiger partial charge in [0.15, 0.2) is 0 Å². The second-order valence-corrected chi connectivity index (χ2v) is 13.0. The van der Waals surface area contributed by atoms with Gasteiger partial charge in [-0.2, -0.15) is 0 Å². The molecule has 1 amide bonds. The van der Waals surface area contributed by atoms with E-state index in [1.165, 1.54) is 11.0 Å². The summed E-state index contributed by atoms with van der Waals surface area (Å²) >= 11 is 0. The zero-order valence-electron chi connectivity index (χ0n) is 22.7. The number of fused-ring (bicyclic) bond motifs is 5. The lowest BCUT2D eigenvalue weighted by molar-refractivity contribution is -0.240. The Bertz CT molecular complexity index is 1150. The fourth-order valence-corrected chi connectivity index (χ4v) is 8.56. The maximum atomic E-state index is 13.4. The first-order chi connectivity index (χ1) is 17.2. The first-order valence-electron chi connectivity index (χ1n) is 13.7. The molecule has 1 spiro atoms. The monoisotopic (exact) mass is 515 g/mol. The molecule has 2 fully saturated rings. The van der Waals surface area contributed by atoms with Crippen molar-refractivity contribution in [3.05, 3.63) is 22.8 Å². The molecule has 8 atom stereocenters. The van der Waals surface area contributed by atoms with Crippen LogP contribution in [-0.4, -0.2) is 61.1 Å². The van der Waals surface area contributed by atoms with Gasteiger partial charge in [0.05, 0.1) is 24.3 Å². The third-order valence-electron chi connectivity index (χ3n) is 10.9. The number of hydrogen-bond acceptors (Lipinski definition) is 6. The van der Waals surface area contributed by atoms with E-state index in [1.807, 2.05) is 27.7 Å². The van der Waals surface area contributed by atoms with Gasteiger partial charge in [0, 0.05) is 23.0 Å². The van der Waals surface area contributed by atoms with Gasteiger partial charge in [-0.25, -0.2) is 4.79 Å². The number of carboxylic acids is 1. The van der Waals surface area contributed by atoms with E-state index >= 15 is 0 Å². The zero-order valence-corrected chi connectivity index (χ0v) is 22.7. The van der Waals surface area contributed by atoms with Gasteiger partial charge in [-0.15, -0.1) is 0 Å². The predicted octanol–water partition coefficient (Wildman–Crippen LogP) is 3.73. The summed E-state index contributed by atoms with van der Waals surface area (Å²) in [5, 5.41) is 42.9. The summed E-state index contributed by atoms with van der Waals surface area (Å²) in [6.07, 6.45) is 1.48. The second-order valence-electron chi connectivity index (χ2n) is 13.0. The number of aliphatic hydroxyl groups is 2. The Hall–Kier alpha value is -2.32. The van der Waals surface area contributed by atoms with Crippen molar-refractivity contribution in [1.82, 2.24) is 4.90 Å². The number of amides is 1. The molecule has 8 nitrogen and oxygen atoms in total.